The molecule has 0 spiro atoms. The fourth-order valence-corrected chi connectivity index (χ4v) is 4.66. The molecule has 1 heterocycles. The summed E-state index contributed by atoms with van der Waals surface area (Å²) in [6.45, 7) is 1.67. The molecule has 0 aliphatic heterocycles. The van der Waals surface area contributed by atoms with E-state index in [1.54, 1.807) is 35.2 Å². The first-order valence-electron chi connectivity index (χ1n) is 9.36. The van der Waals surface area contributed by atoms with Gasteiger partial charge in [0, 0.05) is 30.0 Å². The van der Waals surface area contributed by atoms with Gasteiger partial charge in [-0.3, -0.25) is 9.69 Å². The van der Waals surface area contributed by atoms with Crippen LogP contribution in [-0.4, -0.2) is 43.8 Å². The zero-order valence-electron chi connectivity index (χ0n) is 16.2. The van der Waals surface area contributed by atoms with Gasteiger partial charge >= 0.3 is 0 Å². The number of benzene rings is 2. The molecular formula is C21H25FN3OS2+. The minimum atomic E-state index is -0.245. The third-order valence-corrected chi connectivity index (χ3v) is 6.34. The van der Waals surface area contributed by atoms with Crippen LogP contribution in [0.2, 0.25) is 0 Å². The van der Waals surface area contributed by atoms with Crippen LogP contribution < -0.4 is 9.80 Å². The van der Waals surface area contributed by atoms with Crippen LogP contribution in [-0.2, 0) is 4.79 Å². The predicted octanol–water partition coefficient (Wildman–Crippen LogP) is 3.49. The molecule has 1 N–H and O–H groups in total. The van der Waals surface area contributed by atoms with Gasteiger partial charge < -0.3 is 4.90 Å². The van der Waals surface area contributed by atoms with Crippen molar-refractivity contribution in [2.75, 3.05) is 37.8 Å². The Kier molecular flexibility index (Phi) is 7.42. The molecule has 0 saturated heterocycles. The number of hydrogen-bond acceptors (Lipinski definition) is 4. The molecule has 0 unspecified atom stereocenters. The van der Waals surface area contributed by atoms with E-state index < -0.39 is 0 Å². The summed E-state index contributed by atoms with van der Waals surface area (Å²) in [6.07, 6.45) is 1.35. The zero-order chi connectivity index (χ0) is 19.9. The fourth-order valence-electron chi connectivity index (χ4n) is 2.82. The van der Waals surface area contributed by atoms with Crippen LogP contribution in [0.1, 0.15) is 12.8 Å². The van der Waals surface area contributed by atoms with Gasteiger partial charge in [-0.2, -0.15) is 0 Å². The summed E-state index contributed by atoms with van der Waals surface area (Å²) in [5.41, 5.74) is 0.930. The van der Waals surface area contributed by atoms with Crippen molar-refractivity contribution in [2.24, 2.45) is 0 Å². The number of para-hydroxylation sites is 1. The van der Waals surface area contributed by atoms with Crippen molar-refractivity contribution in [3.63, 3.8) is 0 Å². The summed E-state index contributed by atoms with van der Waals surface area (Å²) in [5.74, 6) is 0.498. The number of rotatable bonds is 9. The number of anilines is 1. The van der Waals surface area contributed by atoms with E-state index in [1.165, 1.54) is 17.0 Å². The molecule has 1 amide bonds. The van der Waals surface area contributed by atoms with Crippen LogP contribution >= 0.6 is 23.1 Å². The van der Waals surface area contributed by atoms with Gasteiger partial charge in [0.2, 0.25) is 5.91 Å². The van der Waals surface area contributed by atoms with Crippen molar-refractivity contribution in [1.29, 1.82) is 0 Å². The van der Waals surface area contributed by atoms with Gasteiger partial charge in [-0.15, -0.1) is 11.8 Å². The Morgan fingerprint density at radius 2 is 1.93 bits per heavy atom. The lowest BCUT2D eigenvalue weighted by molar-refractivity contribution is -0.858. The zero-order valence-corrected chi connectivity index (χ0v) is 17.8. The smallest absolute Gasteiger partial charge is 0.229 e. The molecule has 4 nitrogen and oxygen atoms in total. The van der Waals surface area contributed by atoms with E-state index in [1.807, 2.05) is 29.2 Å². The molecule has 0 aliphatic rings. The number of fused-ring (bicyclic) bond motifs is 1. The van der Waals surface area contributed by atoms with Gasteiger partial charge in [-0.25, -0.2) is 9.37 Å². The quantitative estimate of drug-likeness (QED) is 0.541. The van der Waals surface area contributed by atoms with Crippen LogP contribution in [0.3, 0.4) is 0 Å². The van der Waals surface area contributed by atoms with E-state index in [4.69, 9.17) is 0 Å². The van der Waals surface area contributed by atoms with Crippen molar-refractivity contribution >= 4 is 44.4 Å². The monoisotopic (exact) mass is 418 g/mol. The number of carbonyl (C=O) groups is 1. The lowest BCUT2D eigenvalue weighted by Crippen LogP contribution is -3.05. The first-order valence-corrected chi connectivity index (χ1v) is 11.2. The molecule has 0 radical (unpaired) electrons. The number of halogens is 1. The van der Waals surface area contributed by atoms with Gasteiger partial charge in [-0.05, 0) is 36.4 Å². The Hall–Kier alpha value is -1.96. The van der Waals surface area contributed by atoms with Crippen LogP contribution in [0, 0.1) is 5.82 Å². The highest BCUT2D eigenvalue weighted by Gasteiger charge is 2.19. The van der Waals surface area contributed by atoms with Gasteiger partial charge in [0.05, 0.1) is 30.9 Å². The molecule has 28 heavy (non-hydrogen) atoms. The van der Waals surface area contributed by atoms with E-state index >= 15 is 0 Å². The second-order valence-corrected chi connectivity index (χ2v) is 9.05. The molecule has 0 fully saturated rings. The molecule has 0 aliphatic carbocycles. The lowest BCUT2D eigenvalue weighted by Gasteiger charge is -2.20. The van der Waals surface area contributed by atoms with E-state index in [0.717, 1.165) is 33.2 Å². The van der Waals surface area contributed by atoms with Crippen LogP contribution in [0.15, 0.2) is 53.4 Å². The van der Waals surface area contributed by atoms with Crippen LogP contribution in [0.4, 0.5) is 9.52 Å². The van der Waals surface area contributed by atoms with Gasteiger partial charge in [0.25, 0.3) is 0 Å². The topological polar surface area (TPSA) is 37.6 Å². The highest BCUT2D eigenvalue weighted by molar-refractivity contribution is 7.99. The van der Waals surface area contributed by atoms with Crippen LogP contribution in [0.5, 0.6) is 0 Å². The fraction of sp³-hybridized carbons (Fsp3) is 0.333. The lowest BCUT2D eigenvalue weighted by atomic mass is 10.3. The third-order valence-electron chi connectivity index (χ3n) is 4.27. The summed E-state index contributed by atoms with van der Waals surface area (Å²) < 4.78 is 14.1. The second kappa shape index (κ2) is 10.0. The maximum Gasteiger partial charge on any atom is 0.229 e. The number of nitrogens with one attached hydrogen (secondary N) is 1. The third kappa shape index (κ3) is 5.77. The van der Waals surface area contributed by atoms with E-state index in [0.29, 0.717) is 18.7 Å². The van der Waals surface area contributed by atoms with E-state index in [2.05, 4.69) is 19.1 Å². The van der Waals surface area contributed by atoms with Gasteiger partial charge in [0.1, 0.15) is 5.82 Å². The molecule has 0 atom stereocenters. The Morgan fingerprint density at radius 1 is 1.18 bits per heavy atom. The summed E-state index contributed by atoms with van der Waals surface area (Å²) >= 11 is 3.13. The molecule has 0 bridgehead atoms. The molecule has 3 rings (SSSR count). The number of nitrogens with zero attached hydrogens (tertiary/aromatic N) is 2. The maximum absolute atomic E-state index is 13.0. The Bertz CT molecular complexity index is 878. The standard InChI is InChI=1S/C21H24FN3OS2/c1-24(2)13-5-14-25(21-23-18-6-3-4-7-19(18)28-21)20(26)12-15-27-17-10-8-16(22)9-11-17/h3-4,6-11H,5,12-15H2,1-2H3/p+1. The number of hydrogen-bond donors (Lipinski definition) is 1. The number of quaternary nitrogens is 1. The number of thioether (sulfide) groups is 1. The number of thiazole rings is 1. The Balaban J connectivity index is 1.66. The van der Waals surface area contributed by atoms with Crippen molar-refractivity contribution < 1.29 is 14.1 Å². The average molecular weight is 419 g/mol. The summed E-state index contributed by atoms with van der Waals surface area (Å²) in [4.78, 5) is 21.8. The maximum atomic E-state index is 13.0. The van der Waals surface area contributed by atoms with Gasteiger partial charge in [-0.1, -0.05) is 23.5 Å². The highest BCUT2D eigenvalue weighted by atomic mass is 32.2. The summed E-state index contributed by atoms with van der Waals surface area (Å²) in [6, 6.07) is 14.4. The largest absolute Gasteiger partial charge is 0.340 e. The van der Waals surface area contributed by atoms with Crippen molar-refractivity contribution in [2.45, 2.75) is 17.7 Å². The second-order valence-electron chi connectivity index (χ2n) is 6.87. The SMILES string of the molecule is C[NH+](C)CCCN(C(=O)CCSc1ccc(F)cc1)c1nc2ccccc2s1. The summed E-state index contributed by atoms with van der Waals surface area (Å²) in [5, 5.41) is 0.770. The molecule has 0 saturated carbocycles. The van der Waals surface area contributed by atoms with Gasteiger partial charge in [0.15, 0.2) is 5.13 Å². The predicted molar refractivity (Wildman–Crippen MR) is 116 cm³/mol. The van der Waals surface area contributed by atoms with E-state index in [9.17, 15) is 9.18 Å². The highest BCUT2D eigenvalue weighted by Crippen LogP contribution is 2.29. The number of aromatic nitrogens is 1. The average Bonchev–Trinajstić information content (AvgIpc) is 3.10. The van der Waals surface area contributed by atoms with E-state index in [-0.39, 0.29) is 11.7 Å². The number of carbonyl (C=O) groups excluding carboxylic acids is 1. The van der Waals surface area contributed by atoms with Crippen molar-refractivity contribution in [3.8, 4) is 0 Å². The Morgan fingerprint density at radius 3 is 2.64 bits per heavy atom. The molecule has 7 heteroatoms. The summed E-state index contributed by atoms with van der Waals surface area (Å²) in [7, 11) is 4.23. The molecule has 2 aromatic carbocycles. The van der Waals surface area contributed by atoms with Crippen LogP contribution in [0.25, 0.3) is 10.2 Å². The minimum Gasteiger partial charge on any atom is -0.340 e. The van der Waals surface area contributed by atoms with Crippen molar-refractivity contribution in [3.05, 3.63) is 54.3 Å². The molecule has 3 aromatic rings. The molecular weight excluding hydrogens is 393 g/mol. The molecule has 1 aromatic heterocycles. The first-order chi connectivity index (χ1) is 13.5. The number of amides is 1. The minimum absolute atomic E-state index is 0.0856. The normalized spacial score (nSPS) is 11.3. The first kappa shape index (κ1) is 20.8. The molecule has 148 valence electrons. The van der Waals surface area contributed by atoms with Crippen molar-refractivity contribution in [1.82, 2.24) is 4.98 Å². The Labute approximate surface area is 173 Å².